The van der Waals surface area contributed by atoms with Gasteiger partial charge in [-0.1, -0.05) is 61.6 Å². The van der Waals surface area contributed by atoms with Gasteiger partial charge in [-0.3, -0.25) is 4.90 Å². The van der Waals surface area contributed by atoms with Crippen molar-refractivity contribution >= 4 is 17.3 Å². The van der Waals surface area contributed by atoms with Crippen molar-refractivity contribution in [3.63, 3.8) is 0 Å². The normalized spacial score (nSPS) is 18.1. The highest BCUT2D eigenvalue weighted by molar-refractivity contribution is 6.30. The average molecular weight is 397 g/mol. The molecular formula is C24H29ClN2O. The van der Waals surface area contributed by atoms with Crippen molar-refractivity contribution in [2.45, 2.75) is 25.9 Å². The van der Waals surface area contributed by atoms with E-state index in [4.69, 9.17) is 11.6 Å². The van der Waals surface area contributed by atoms with Crippen molar-refractivity contribution < 1.29 is 5.11 Å². The number of hydrogen-bond donors (Lipinski definition) is 1. The average Bonchev–Trinajstić information content (AvgIpc) is 2.73. The maximum absolute atomic E-state index is 11.1. The molecule has 1 N–H and O–H groups in total. The van der Waals surface area contributed by atoms with Crippen LogP contribution >= 0.6 is 11.6 Å². The van der Waals surface area contributed by atoms with Gasteiger partial charge >= 0.3 is 0 Å². The molecule has 1 heterocycles. The van der Waals surface area contributed by atoms with Crippen LogP contribution in [0, 0.1) is 17.8 Å². The molecule has 0 spiro atoms. The lowest BCUT2D eigenvalue weighted by molar-refractivity contribution is 0.0230. The molecule has 148 valence electrons. The fourth-order valence-corrected chi connectivity index (χ4v) is 3.85. The molecule has 4 heteroatoms. The summed E-state index contributed by atoms with van der Waals surface area (Å²) in [6.07, 6.45) is 0.622. The summed E-state index contributed by atoms with van der Waals surface area (Å²) < 4.78 is 0. The minimum Gasteiger partial charge on any atom is -0.377 e. The quantitative estimate of drug-likeness (QED) is 0.763. The molecule has 28 heavy (non-hydrogen) atoms. The Morgan fingerprint density at radius 1 is 1.07 bits per heavy atom. The van der Waals surface area contributed by atoms with Crippen LogP contribution in [0.3, 0.4) is 0 Å². The predicted octanol–water partition coefficient (Wildman–Crippen LogP) is 4.29. The molecule has 0 bridgehead atoms. The zero-order chi connectivity index (χ0) is 20.0. The summed E-state index contributed by atoms with van der Waals surface area (Å²) in [5, 5.41) is 11.9. The van der Waals surface area contributed by atoms with Gasteiger partial charge in [-0.15, -0.1) is 0 Å². The molecule has 1 aliphatic heterocycles. The highest BCUT2D eigenvalue weighted by atomic mass is 35.5. The smallest absolute Gasteiger partial charge is 0.129 e. The van der Waals surface area contributed by atoms with Gasteiger partial charge in [0.2, 0.25) is 0 Å². The van der Waals surface area contributed by atoms with E-state index in [0.29, 0.717) is 6.42 Å². The van der Waals surface area contributed by atoms with Crippen LogP contribution in [0.15, 0.2) is 54.6 Å². The summed E-state index contributed by atoms with van der Waals surface area (Å²) in [4.78, 5) is 4.80. The Balaban J connectivity index is 1.58. The van der Waals surface area contributed by atoms with Gasteiger partial charge in [-0.2, -0.15) is 0 Å². The lowest BCUT2D eigenvalue weighted by Gasteiger charge is -2.39. The van der Waals surface area contributed by atoms with Gasteiger partial charge in [0.25, 0.3) is 0 Å². The van der Waals surface area contributed by atoms with Gasteiger partial charge in [0, 0.05) is 54.9 Å². The minimum absolute atomic E-state index is 0.0754. The number of piperazine rings is 1. The molecule has 2 aromatic carbocycles. The van der Waals surface area contributed by atoms with Crippen LogP contribution in [0.4, 0.5) is 5.69 Å². The number of nitrogens with zero attached hydrogens (tertiary/aromatic N) is 2. The van der Waals surface area contributed by atoms with Gasteiger partial charge in [0.1, 0.15) is 5.60 Å². The van der Waals surface area contributed by atoms with E-state index < -0.39 is 5.60 Å². The maximum Gasteiger partial charge on any atom is 0.129 e. The van der Waals surface area contributed by atoms with E-state index >= 15 is 0 Å². The molecule has 0 amide bonds. The first kappa shape index (κ1) is 20.7. The number of aliphatic hydroxyl groups is 1. The first-order chi connectivity index (χ1) is 13.5. The first-order valence-electron chi connectivity index (χ1n) is 10.0. The molecule has 0 saturated carbocycles. The number of halogens is 1. The Morgan fingerprint density at radius 2 is 1.79 bits per heavy atom. The standard InChI is InChI=1S/C24H29ClN2O/c1-3-24(28,13-12-21-8-5-4-6-9-21)20(2)19-26-14-16-27(17-15-26)23-11-7-10-22(25)18-23/h4-11,18,20,28H,3,14-17,19H2,1-2H3. The van der Waals surface area contributed by atoms with Crippen LogP contribution in [-0.4, -0.2) is 48.3 Å². The fourth-order valence-electron chi connectivity index (χ4n) is 3.66. The van der Waals surface area contributed by atoms with Crippen molar-refractivity contribution in [2.24, 2.45) is 5.92 Å². The summed E-state index contributed by atoms with van der Waals surface area (Å²) >= 11 is 6.12. The van der Waals surface area contributed by atoms with Crippen LogP contribution in [0.5, 0.6) is 0 Å². The second-order valence-electron chi connectivity index (χ2n) is 7.56. The molecule has 0 aromatic heterocycles. The molecule has 2 atom stereocenters. The Hall–Kier alpha value is -1.99. The molecule has 3 rings (SSSR count). The van der Waals surface area contributed by atoms with Gasteiger partial charge in [0.05, 0.1) is 0 Å². The molecule has 2 aromatic rings. The van der Waals surface area contributed by atoms with E-state index in [1.165, 1.54) is 5.69 Å². The van der Waals surface area contributed by atoms with Crippen LogP contribution in [0.25, 0.3) is 0 Å². The topological polar surface area (TPSA) is 26.7 Å². The minimum atomic E-state index is -0.972. The lowest BCUT2D eigenvalue weighted by atomic mass is 9.86. The Kier molecular flexibility index (Phi) is 7.02. The Morgan fingerprint density at radius 3 is 2.43 bits per heavy atom. The van der Waals surface area contributed by atoms with Gasteiger partial charge in [-0.05, 0) is 36.8 Å². The number of anilines is 1. The van der Waals surface area contributed by atoms with E-state index in [9.17, 15) is 5.11 Å². The zero-order valence-corrected chi connectivity index (χ0v) is 17.5. The zero-order valence-electron chi connectivity index (χ0n) is 16.7. The summed E-state index contributed by atoms with van der Waals surface area (Å²) in [5.74, 6) is 6.37. The van der Waals surface area contributed by atoms with Crippen LogP contribution in [-0.2, 0) is 0 Å². The van der Waals surface area contributed by atoms with Gasteiger partial charge in [-0.25, -0.2) is 0 Å². The third kappa shape index (κ3) is 5.29. The second kappa shape index (κ2) is 9.47. The first-order valence-corrected chi connectivity index (χ1v) is 10.4. The molecule has 2 unspecified atom stereocenters. The van der Waals surface area contributed by atoms with E-state index in [1.807, 2.05) is 55.5 Å². The highest BCUT2D eigenvalue weighted by Crippen LogP contribution is 2.24. The molecule has 1 fully saturated rings. The largest absolute Gasteiger partial charge is 0.377 e. The fraction of sp³-hybridized carbons (Fsp3) is 0.417. The number of rotatable bonds is 5. The monoisotopic (exact) mass is 396 g/mol. The van der Waals surface area contributed by atoms with Crippen molar-refractivity contribution in [3.05, 3.63) is 65.2 Å². The molecule has 3 nitrogen and oxygen atoms in total. The SMILES string of the molecule is CCC(O)(C#Cc1ccccc1)C(C)CN1CCN(c2cccc(Cl)c2)CC1. The number of benzene rings is 2. The third-order valence-corrected chi connectivity index (χ3v) is 5.86. The highest BCUT2D eigenvalue weighted by Gasteiger charge is 2.32. The van der Waals surface area contributed by atoms with Crippen molar-refractivity contribution in [1.29, 1.82) is 0 Å². The molecule has 0 aliphatic carbocycles. The summed E-state index contributed by atoms with van der Waals surface area (Å²) in [5.41, 5.74) is 1.15. The third-order valence-electron chi connectivity index (χ3n) is 5.63. The predicted molar refractivity (Wildman–Crippen MR) is 118 cm³/mol. The van der Waals surface area contributed by atoms with Crippen LogP contribution < -0.4 is 4.90 Å². The van der Waals surface area contributed by atoms with Gasteiger partial charge in [0.15, 0.2) is 0 Å². The lowest BCUT2D eigenvalue weighted by Crippen LogP contribution is -2.50. The Bertz CT molecular complexity index is 821. The van der Waals surface area contributed by atoms with E-state index in [-0.39, 0.29) is 5.92 Å². The summed E-state index contributed by atoms with van der Waals surface area (Å²) in [7, 11) is 0. The van der Waals surface area contributed by atoms with Gasteiger partial charge < -0.3 is 10.0 Å². The molecule has 0 radical (unpaired) electrons. The maximum atomic E-state index is 11.1. The van der Waals surface area contributed by atoms with Crippen molar-refractivity contribution in [3.8, 4) is 11.8 Å². The molecule has 1 aliphatic rings. The van der Waals surface area contributed by atoms with E-state index in [1.54, 1.807) is 0 Å². The molecule has 1 saturated heterocycles. The Labute approximate surface area is 173 Å². The summed E-state index contributed by atoms with van der Waals surface area (Å²) in [6.45, 7) is 8.84. The second-order valence-corrected chi connectivity index (χ2v) is 8.00. The van der Waals surface area contributed by atoms with Crippen molar-refractivity contribution in [1.82, 2.24) is 4.90 Å². The molecular weight excluding hydrogens is 368 g/mol. The van der Waals surface area contributed by atoms with E-state index in [0.717, 1.165) is 43.3 Å². The number of hydrogen-bond acceptors (Lipinski definition) is 3. The van der Waals surface area contributed by atoms with Crippen molar-refractivity contribution in [2.75, 3.05) is 37.6 Å². The van der Waals surface area contributed by atoms with Crippen LogP contribution in [0.2, 0.25) is 5.02 Å². The summed E-state index contributed by atoms with van der Waals surface area (Å²) in [6, 6.07) is 17.9. The van der Waals surface area contributed by atoms with Crippen LogP contribution in [0.1, 0.15) is 25.8 Å². The van der Waals surface area contributed by atoms with E-state index in [2.05, 4.69) is 34.6 Å².